The van der Waals surface area contributed by atoms with Gasteiger partial charge in [-0.25, -0.2) is 8.42 Å². The van der Waals surface area contributed by atoms with E-state index in [1.165, 1.54) is 17.0 Å². The first-order valence-corrected chi connectivity index (χ1v) is 15.0. The standard InChI is InChI=1S/C30H35Cl2N3O4S/c1-20-12-15-25(16-21(20)2)35(40(38,39)26-10-8-7-9-11-26)19-28(36)34(22(3)29(37)33-30(4,5)6)18-23-13-14-24(31)17-27(23)32/h7-17,22H,18-19H2,1-6H3,(H,33,37)/t22-/m1/s1. The zero-order valence-corrected chi connectivity index (χ0v) is 25.9. The lowest BCUT2D eigenvalue weighted by atomic mass is 10.1. The Kier molecular flexibility index (Phi) is 9.93. The van der Waals surface area contributed by atoms with Crippen LogP contribution in [0.1, 0.15) is 44.4 Å². The van der Waals surface area contributed by atoms with E-state index in [0.717, 1.165) is 15.4 Å². The quantitative estimate of drug-likeness (QED) is 0.318. The van der Waals surface area contributed by atoms with Crippen molar-refractivity contribution < 1.29 is 18.0 Å². The van der Waals surface area contributed by atoms with Crippen molar-refractivity contribution in [3.8, 4) is 0 Å². The second-order valence-corrected chi connectivity index (χ2v) is 13.5. The summed E-state index contributed by atoms with van der Waals surface area (Å²) in [6.07, 6.45) is 0. The van der Waals surface area contributed by atoms with Gasteiger partial charge in [0.15, 0.2) is 0 Å². The van der Waals surface area contributed by atoms with Crippen LogP contribution in [-0.4, -0.2) is 43.3 Å². The Morgan fingerprint density at radius 2 is 1.57 bits per heavy atom. The summed E-state index contributed by atoms with van der Waals surface area (Å²) in [5.41, 5.74) is 2.23. The second-order valence-electron chi connectivity index (χ2n) is 10.8. The van der Waals surface area contributed by atoms with Crippen LogP contribution in [0.4, 0.5) is 5.69 Å². The number of carbonyl (C=O) groups is 2. The number of hydrogen-bond acceptors (Lipinski definition) is 4. The molecule has 214 valence electrons. The molecular formula is C30H35Cl2N3O4S. The summed E-state index contributed by atoms with van der Waals surface area (Å²) in [4.78, 5) is 28.6. The molecule has 0 spiro atoms. The summed E-state index contributed by atoms with van der Waals surface area (Å²) in [6.45, 7) is 10.4. The van der Waals surface area contributed by atoms with Crippen LogP contribution in [0.3, 0.4) is 0 Å². The number of nitrogens with zero attached hydrogens (tertiary/aromatic N) is 2. The van der Waals surface area contributed by atoms with E-state index < -0.39 is 34.1 Å². The zero-order valence-electron chi connectivity index (χ0n) is 23.5. The van der Waals surface area contributed by atoms with E-state index in [1.54, 1.807) is 55.5 Å². The molecule has 1 atom stereocenters. The van der Waals surface area contributed by atoms with Gasteiger partial charge in [-0.3, -0.25) is 13.9 Å². The highest BCUT2D eigenvalue weighted by molar-refractivity contribution is 7.92. The van der Waals surface area contributed by atoms with E-state index in [-0.39, 0.29) is 17.3 Å². The number of carbonyl (C=O) groups excluding carboxylic acids is 2. The molecule has 0 saturated heterocycles. The van der Waals surface area contributed by atoms with Gasteiger partial charge in [0.05, 0.1) is 10.6 Å². The third-order valence-electron chi connectivity index (χ3n) is 6.41. The first-order valence-electron chi connectivity index (χ1n) is 12.8. The summed E-state index contributed by atoms with van der Waals surface area (Å²) in [7, 11) is -4.13. The van der Waals surface area contributed by atoms with Crippen molar-refractivity contribution in [1.29, 1.82) is 0 Å². The van der Waals surface area contributed by atoms with Gasteiger partial charge in [-0.05, 0) is 94.6 Å². The van der Waals surface area contributed by atoms with Gasteiger partial charge in [0.2, 0.25) is 11.8 Å². The number of hydrogen-bond donors (Lipinski definition) is 1. The Morgan fingerprint density at radius 3 is 2.15 bits per heavy atom. The minimum atomic E-state index is -4.13. The van der Waals surface area contributed by atoms with Crippen molar-refractivity contribution in [3.63, 3.8) is 0 Å². The number of nitrogens with one attached hydrogen (secondary N) is 1. The monoisotopic (exact) mass is 603 g/mol. The zero-order chi connectivity index (χ0) is 29.8. The molecule has 0 fully saturated rings. The van der Waals surface area contributed by atoms with Gasteiger partial charge in [0, 0.05) is 22.1 Å². The number of benzene rings is 3. The minimum absolute atomic E-state index is 0.0281. The molecule has 0 unspecified atom stereocenters. The predicted molar refractivity (Wildman–Crippen MR) is 161 cm³/mol. The molecule has 3 rings (SSSR count). The Labute approximate surface area is 247 Å². The highest BCUT2D eigenvalue weighted by Crippen LogP contribution is 2.28. The fourth-order valence-corrected chi connectivity index (χ4v) is 5.91. The van der Waals surface area contributed by atoms with Crippen LogP contribution < -0.4 is 9.62 Å². The summed E-state index contributed by atoms with van der Waals surface area (Å²) >= 11 is 12.5. The molecular weight excluding hydrogens is 569 g/mol. The van der Waals surface area contributed by atoms with Gasteiger partial charge in [-0.1, -0.05) is 53.5 Å². The third-order valence-corrected chi connectivity index (χ3v) is 8.78. The smallest absolute Gasteiger partial charge is 0.264 e. The number of sulfonamides is 1. The maximum Gasteiger partial charge on any atom is 0.264 e. The maximum atomic E-state index is 14.0. The predicted octanol–water partition coefficient (Wildman–Crippen LogP) is 6.14. The normalized spacial score (nSPS) is 12.5. The van der Waals surface area contributed by atoms with Crippen molar-refractivity contribution in [2.75, 3.05) is 10.8 Å². The number of rotatable bonds is 9. The van der Waals surface area contributed by atoms with E-state index in [4.69, 9.17) is 23.2 Å². The highest BCUT2D eigenvalue weighted by Gasteiger charge is 2.33. The highest BCUT2D eigenvalue weighted by atomic mass is 35.5. The molecule has 0 aliphatic rings. The molecule has 7 nitrogen and oxygen atoms in total. The van der Waals surface area contributed by atoms with Gasteiger partial charge in [0.25, 0.3) is 10.0 Å². The van der Waals surface area contributed by atoms with Crippen molar-refractivity contribution in [1.82, 2.24) is 10.2 Å². The number of amides is 2. The van der Waals surface area contributed by atoms with Crippen LogP contribution in [-0.2, 0) is 26.2 Å². The van der Waals surface area contributed by atoms with E-state index in [0.29, 0.717) is 21.3 Å². The summed E-state index contributed by atoms with van der Waals surface area (Å²) < 4.78 is 28.8. The van der Waals surface area contributed by atoms with Crippen LogP contribution in [0.2, 0.25) is 10.0 Å². The molecule has 10 heteroatoms. The molecule has 3 aromatic rings. The molecule has 1 N–H and O–H groups in total. The Hall–Kier alpha value is -3.07. The maximum absolute atomic E-state index is 14.0. The van der Waals surface area contributed by atoms with Gasteiger partial charge in [0.1, 0.15) is 12.6 Å². The molecule has 3 aromatic carbocycles. The van der Waals surface area contributed by atoms with Crippen LogP contribution in [0, 0.1) is 13.8 Å². The molecule has 2 amide bonds. The Morgan fingerprint density at radius 1 is 0.925 bits per heavy atom. The second kappa shape index (κ2) is 12.6. The average molecular weight is 605 g/mol. The van der Waals surface area contributed by atoms with Crippen molar-refractivity contribution >= 4 is 50.7 Å². The number of halogens is 2. The van der Waals surface area contributed by atoms with E-state index in [9.17, 15) is 18.0 Å². The minimum Gasteiger partial charge on any atom is -0.350 e. The van der Waals surface area contributed by atoms with Gasteiger partial charge >= 0.3 is 0 Å². The molecule has 0 aliphatic heterocycles. The van der Waals surface area contributed by atoms with Crippen molar-refractivity contribution in [2.45, 2.75) is 64.6 Å². The lowest BCUT2D eigenvalue weighted by Gasteiger charge is -2.33. The van der Waals surface area contributed by atoms with Gasteiger partial charge in [-0.2, -0.15) is 0 Å². The van der Waals surface area contributed by atoms with Crippen LogP contribution in [0.25, 0.3) is 0 Å². The molecule has 40 heavy (non-hydrogen) atoms. The van der Waals surface area contributed by atoms with Crippen LogP contribution in [0.15, 0.2) is 71.6 Å². The number of anilines is 1. The van der Waals surface area contributed by atoms with Crippen molar-refractivity contribution in [2.24, 2.45) is 0 Å². The largest absolute Gasteiger partial charge is 0.350 e. The summed E-state index contributed by atoms with van der Waals surface area (Å²) in [5.74, 6) is -0.949. The Bertz CT molecular complexity index is 1490. The van der Waals surface area contributed by atoms with Gasteiger partial charge in [-0.15, -0.1) is 0 Å². The fraction of sp³-hybridized carbons (Fsp3) is 0.333. The van der Waals surface area contributed by atoms with E-state index >= 15 is 0 Å². The molecule has 0 heterocycles. The van der Waals surface area contributed by atoms with Crippen LogP contribution >= 0.6 is 23.2 Å². The fourth-order valence-electron chi connectivity index (χ4n) is 4.02. The van der Waals surface area contributed by atoms with Gasteiger partial charge < -0.3 is 10.2 Å². The topological polar surface area (TPSA) is 86.8 Å². The third kappa shape index (κ3) is 7.77. The molecule has 0 radical (unpaired) electrons. The van der Waals surface area contributed by atoms with E-state index in [1.807, 2.05) is 40.7 Å². The molecule has 0 aromatic heterocycles. The lowest BCUT2D eigenvalue weighted by Crippen LogP contribution is -2.54. The molecule has 0 bridgehead atoms. The molecule has 0 saturated carbocycles. The summed E-state index contributed by atoms with van der Waals surface area (Å²) in [5, 5.41) is 3.66. The summed E-state index contributed by atoms with van der Waals surface area (Å²) in [6, 6.07) is 17.1. The Balaban J connectivity index is 2.07. The van der Waals surface area contributed by atoms with Crippen LogP contribution in [0.5, 0.6) is 0 Å². The van der Waals surface area contributed by atoms with Crippen molar-refractivity contribution in [3.05, 3.63) is 93.5 Å². The molecule has 0 aliphatic carbocycles. The number of aryl methyl sites for hydroxylation is 2. The average Bonchev–Trinajstić information content (AvgIpc) is 2.87. The lowest BCUT2D eigenvalue weighted by molar-refractivity contribution is -0.140. The SMILES string of the molecule is Cc1ccc(N(CC(=O)N(Cc2ccc(Cl)cc2Cl)[C@H](C)C(=O)NC(C)(C)C)S(=O)(=O)c2ccccc2)cc1C. The first-order chi connectivity index (χ1) is 18.6. The first kappa shape index (κ1) is 31.5. The van der Waals surface area contributed by atoms with E-state index in [2.05, 4.69) is 5.32 Å².